The number of piperidine rings is 1. The van der Waals surface area contributed by atoms with Crippen LogP contribution in [-0.2, 0) is 17.8 Å². The number of aliphatic hydroxyl groups is 1. The van der Waals surface area contributed by atoms with E-state index in [9.17, 15) is 9.90 Å². The summed E-state index contributed by atoms with van der Waals surface area (Å²) in [6.07, 6.45) is 2.88. The van der Waals surface area contributed by atoms with Crippen LogP contribution >= 0.6 is 0 Å². The van der Waals surface area contributed by atoms with E-state index in [2.05, 4.69) is 36.1 Å². The monoisotopic (exact) mass is 304 g/mol. The van der Waals surface area contributed by atoms with Crippen LogP contribution in [0.1, 0.15) is 37.3 Å². The van der Waals surface area contributed by atoms with Crippen LogP contribution in [0, 0.1) is 0 Å². The fraction of sp³-hybridized carbons (Fsp3) is 0.611. The SMILES string of the molecule is CCc1ccccc1CN1CCCC(O)(CC(=O)N(C)C)C1. The summed E-state index contributed by atoms with van der Waals surface area (Å²) in [4.78, 5) is 15.8. The molecule has 0 radical (unpaired) electrons. The van der Waals surface area contributed by atoms with E-state index in [1.807, 2.05) is 0 Å². The second-order valence-electron chi connectivity index (χ2n) is 6.63. The Balaban J connectivity index is 2.02. The second kappa shape index (κ2) is 7.25. The van der Waals surface area contributed by atoms with Crippen molar-refractivity contribution in [3.8, 4) is 0 Å². The molecule has 22 heavy (non-hydrogen) atoms. The fourth-order valence-corrected chi connectivity index (χ4v) is 3.22. The average Bonchev–Trinajstić information content (AvgIpc) is 2.47. The van der Waals surface area contributed by atoms with Crippen LogP contribution in [0.2, 0.25) is 0 Å². The minimum absolute atomic E-state index is 0.00157. The molecule has 1 aromatic carbocycles. The Morgan fingerprint density at radius 1 is 1.32 bits per heavy atom. The summed E-state index contributed by atoms with van der Waals surface area (Å²) in [5.74, 6) is -0.00157. The van der Waals surface area contributed by atoms with Gasteiger partial charge in [0.2, 0.25) is 5.91 Å². The Morgan fingerprint density at radius 3 is 2.64 bits per heavy atom. The Kier molecular flexibility index (Phi) is 5.59. The molecular weight excluding hydrogens is 276 g/mol. The molecule has 0 saturated carbocycles. The Bertz CT molecular complexity index is 516. The van der Waals surface area contributed by atoms with Crippen molar-refractivity contribution < 1.29 is 9.90 Å². The number of aryl methyl sites for hydroxylation is 1. The second-order valence-corrected chi connectivity index (χ2v) is 6.63. The summed E-state index contributed by atoms with van der Waals surface area (Å²) in [5.41, 5.74) is 1.80. The van der Waals surface area contributed by atoms with Crippen LogP contribution in [0.5, 0.6) is 0 Å². The summed E-state index contributed by atoms with van der Waals surface area (Å²) >= 11 is 0. The molecule has 1 heterocycles. The Morgan fingerprint density at radius 2 is 2.00 bits per heavy atom. The zero-order valence-corrected chi connectivity index (χ0v) is 14.0. The van der Waals surface area contributed by atoms with Crippen LogP contribution in [0.4, 0.5) is 0 Å². The molecular formula is C18H28N2O2. The average molecular weight is 304 g/mol. The van der Waals surface area contributed by atoms with Crippen LogP contribution in [-0.4, -0.2) is 53.6 Å². The van der Waals surface area contributed by atoms with Gasteiger partial charge in [0.1, 0.15) is 0 Å². The summed E-state index contributed by atoms with van der Waals surface area (Å²) < 4.78 is 0. The molecule has 0 spiro atoms. The topological polar surface area (TPSA) is 43.8 Å². The Labute approximate surface area is 133 Å². The van der Waals surface area contributed by atoms with Crippen molar-refractivity contribution in [1.29, 1.82) is 0 Å². The van der Waals surface area contributed by atoms with E-state index in [0.29, 0.717) is 13.0 Å². The lowest BCUT2D eigenvalue weighted by atomic mass is 9.88. The molecule has 0 bridgehead atoms. The van der Waals surface area contributed by atoms with E-state index in [-0.39, 0.29) is 12.3 Å². The molecule has 122 valence electrons. The zero-order chi connectivity index (χ0) is 16.2. The third kappa shape index (κ3) is 4.31. The largest absolute Gasteiger partial charge is 0.388 e. The number of hydrogen-bond acceptors (Lipinski definition) is 3. The zero-order valence-electron chi connectivity index (χ0n) is 14.0. The van der Waals surface area contributed by atoms with E-state index >= 15 is 0 Å². The molecule has 1 amide bonds. The van der Waals surface area contributed by atoms with Crippen LogP contribution < -0.4 is 0 Å². The number of carbonyl (C=O) groups is 1. The lowest BCUT2D eigenvalue weighted by molar-refractivity contribution is -0.136. The van der Waals surface area contributed by atoms with Crippen molar-refractivity contribution in [1.82, 2.24) is 9.80 Å². The van der Waals surface area contributed by atoms with Crippen molar-refractivity contribution >= 4 is 5.91 Å². The highest BCUT2D eigenvalue weighted by Crippen LogP contribution is 2.26. The minimum atomic E-state index is -0.888. The molecule has 1 atom stereocenters. The molecule has 1 unspecified atom stereocenters. The highest BCUT2D eigenvalue weighted by atomic mass is 16.3. The molecule has 1 aliphatic heterocycles. The van der Waals surface area contributed by atoms with Gasteiger partial charge in [0, 0.05) is 27.2 Å². The summed E-state index contributed by atoms with van der Waals surface area (Å²) in [5, 5.41) is 10.8. The van der Waals surface area contributed by atoms with Gasteiger partial charge in [-0.25, -0.2) is 0 Å². The maximum absolute atomic E-state index is 11.9. The molecule has 2 rings (SSSR count). The van der Waals surface area contributed by atoms with Gasteiger partial charge in [-0.15, -0.1) is 0 Å². The maximum Gasteiger partial charge on any atom is 0.224 e. The van der Waals surface area contributed by atoms with Crippen molar-refractivity contribution in [2.45, 2.75) is 44.8 Å². The summed E-state index contributed by atoms with van der Waals surface area (Å²) in [7, 11) is 3.48. The van der Waals surface area contributed by atoms with Gasteiger partial charge < -0.3 is 10.0 Å². The quantitative estimate of drug-likeness (QED) is 0.905. The molecule has 1 N–H and O–H groups in total. The lowest BCUT2D eigenvalue weighted by Gasteiger charge is -2.39. The molecule has 1 saturated heterocycles. The summed E-state index contributed by atoms with van der Waals surface area (Å²) in [6, 6.07) is 8.48. The third-order valence-corrected chi connectivity index (χ3v) is 4.51. The van der Waals surface area contributed by atoms with Gasteiger partial charge in [-0.1, -0.05) is 31.2 Å². The van der Waals surface area contributed by atoms with Gasteiger partial charge in [-0.05, 0) is 36.9 Å². The number of hydrogen-bond donors (Lipinski definition) is 1. The first kappa shape index (κ1) is 17.0. The maximum atomic E-state index is 11.9. The molecule has 1 fully saturated rings. The number of carbonyl (C=O) groups excluding carboxylic acids is 1. The molecule has 1 aliphatic rings. The van der Waals surface area contributed by atoms with E-state index in [0.717, 1.165) is 25.9 Å². The minimum Gasteiger partial charge on any atom is -0.388 e. The van der Waals surface area contributed by atoms with Gasteiger partial charge >= 0.3 is 0 Å². The fourth-order valence-electron chi connectivity index (χ4n) is 3.22. The van der Waals surface area contributed by atoms with Gasteiger partial charge in [0.25, 0.3) is 0 Å². The highest BCUT2D eigenvalue weighted by molar-refractivity contribution is 5.76. The van der Waals surface area contributed by atoms with Crippen molar-refractivity contribution in [3.63, 3.8) is 0 Å². The molecule has 4 heteroatoms. The first-order valence-electron chi connectivity index (χ1n) is 8.15. The first-order chi connectivity index (χ1) is 10.4. The molecule has 4 nitrogen and oxygen atoms in total. The smallest absolute Gasteiger partial charge is 0.224 e. The van der Waals surface area contributed by atoms with Crippen molar-refractivity contribution in [2.75, 3.05) is 27.2 Å². The van der Waals surface area contributed by atoms with Gasteiger partial charge in [0.15, 0.2) is 0 Å². The first-order valence-corrected chi connectivity index (χ1v) is 8.15. The molecule has 0 aromatic heterocycles. The van der Waals surface area contributed by atoms with Gasteiger partial charge in [-0.3, -0.25) is 9.69 Å². The number of benzene rings is 1. The normalized spacial score (nSPS) is 22.5. The van der Waals surface area contributed by atoms with Gasteiger partial charge in [0.05, 0.1) is 12.0 Å². The summed E-state index contributed by atoms with van der Waals surface area (Å²) in [6.45, 7) is 4.57. The van der Waals surface area contributed by atoms with E-state index in [4.69, 9.17) is 0 Å². The predicted octanol–water partition coefficient (Wildman–Crippen LogP) is 2.05. The van der Waals surface area contributed by atoms with E-state index in [1.165, 1.54) is 11.1 Å². The number of nitrogens with zero attached hydrogens (tertiary/aromatic N) is 2. The van der Waals surface area contributed by atoms with Crippen LogP contribution in [0.25, 0.3) is 0 Å². The number of rotatable bonds is 5. The standard InChI is InChI=1S/C18H28N2O2/c1-4-15-8-5-6-9-16(15)13-20-11-7-10-18(22,14-20)12-17(21)19(2)3/h5-6,8-9,22H,4,7,10-14H2,1-3H3. The van der Waals surface area contributed by atoms with E-state index < -0.39 is 5.60 Å². The van der Waals surface area contributed by atoms with Gasteiger partial charge in [-0.2, -0.15) is 0 Å². The lowest BCUT2D eigenvalue weighted by Crippen LogP contribution is -2.50. The van der Waals surface area contributed by atoms with E-state index in [1.54, 1.807) is 19.0 Å². The van der Waals surface area contributed by atoms with Crippen LogP contribution in [0.15, 0.2) is 24.3 Å². The number of likely N-dealkylation sites (tertiary alicyclic amines) is 1. The number of amides is 1. The van der Waals surface area contributed by atoms with Crippen LogP contribution in [0.3, 0.4) is 0 Å². The Hall–Kier alpha value is -1.39. The van der Waals surface area contributed by atoms with Crippen molar-refractivity contribution in [2.24, 2.45) is 0 Å². The van der Waals surface area contributed by atoms with Crippen molar-refractivity contribution in [3.05, 3.63) is 35.4 Å². The molecule has 1 aromatic rings. The number of β-amino-alcohol motifs (C(OH)–C–C–N with tert-alkyl or cyclic N) is 1. The molecule has 0 aliphatic carbocycles. The third-order valence-electron chi connectivity index (χ3n) is 4.51. The predicted molar refractivity (Wildman–Crippen MR) is 88.6 cm³/mol. The highest BCUT2D eigenvalue weighted by Gasteiger charge is 2.35.